The molecular formula is C31H22BrN3O6S. The van der Waals surface area contributed by atoms with Gasteiger partial charge in [0, 0.05) is 22.6 Å². The Morgan fingerprint density at radius 2 is 1.86 bits per heavy atom. The molecule has 0 N–H and O–H groups in total. The summed E-state index contributed by atoms with van der Waals surface area (Å²) in [6, 6.07) is 19.2. The van der Waals surface area contributed by atoms with E-state index in [0.717, 1.165) is 15.8 Å². The lowest BCUT2D eigenvalue weighted by Crippen LogP contribution is -2.40. The minimum atomic E-state index is -0.907. The van der Waals surface area contributed by atoms with Gasteiger partial charge in [-0.2, -0.15) is 0 Å². The summed E-state index contributed by atoms with van der Waals surface area (Å²) >= 11 is 4.62. The van der Waals surface area contributed by atoms with E-state index < -0.39 is 17.6 Å². The highest BCUT2D eigenvalue weighted by atomic mass is 79.9. The summed E-state index contributed by atoms with van der Waals surface area (Å²) in [5, 5.41) is 0. The molecule has 0 saturated heterocycles. The summed E-state index contributed by atoms with van der Waals surface area (Å²) in [6.45, 7) is 1.94. The first-order valence-corrected chi connectivity index (χ1v) is 14.8. The van der Waals surface area contributed by atoms with E-state index in [4.69, 9.17) is 19.2 Å². The van der Waals surface area contributed by atoms with Crippen molar-refractivity contribution in [2.75, 3.05) is 25.3 Å². The third-order valence-electron chi connectivity index (χ3n) is 7.40. The maximum atomic E-state index is 14.4. The second-order valence-electron chi connectivity index (χ2n) is 9.77. The fourth-order valence-electron chi connectivity index (χ4n) is 5.50. The molecular weight excluding hydrogens is 622 g/mol. The number of hydrogen-bond acceptors (Lipinski definition) is 8. The minimum Gasteiger partial charge on any atom is -0.463 e. The average Bonchev–Trinajstić information content (AvgIpc) is 3.66. The number of carbonyl (C=O) groups is 2. The Morgan fingerprint density at radius 1 is 1.07 bits per heavy atom. The summed E-state index contributed by atoms with van der Waals surface area (Å²) in [7, 11) is 1.68. The van der Waals surface area contributed by atoms with Crippen LogP contribution in [-0.4, -0.2) is 36.9 Å². The van der Waals surface area contributed by atoms with Gasteiger partial charge in [0.25, 0.3) is 11.5 Å². The van der Waals surface area contributed by atoms with E-state index >= 15 is 0 Å². The molecule has 11 heteroatoms. The van der Waals surface area contributed by atoms with Crippen LogP contribution in [-0.2, 0) is 14.3 Å². The second-order valence-corrected chi connectivity index (χ2v) is 11.7. The molecule has 42 heavy (non-hydrogen) atoms. The van der Waals surface area contributed by atoms with Gasteiger partial charge in [-0.25, -0.2) is 9.79 Å². The van der Waals surface area contributed by atoms with Crippen LogP contribution in [0.15, 0.2) is 86.6 Å². The topological polar surface area (TPSA) is 99.4 Å². The molecule has 3 aromatic carbocycles. The van der Waals surface area contributed by atoms with Gasteiger partial charge >= 0.3 is 5.97 Å². The van der Waals surface area contributed by atoms with Crippen LogP contribution in [0.5, 0.6) is 11.5 Å². The largest absolute Gasteiger partial charge is 0.463 e. The summed E-state index contributed by atoms with van der Waals surface area (Å²) in [6.07, 6.45) is 0. The zero-order chi connectivity index (χ0) is 29.1. The Labute approximate surface area is 251 Å². The molecule has 210 valence electrons. The van der Waals surface area contributed by atoms with Crippen LogP contribution in [0.25, 0.3) is 11.3 Å². The Morgan fingerprint density at radius 3 is 2.64 bits per heavy atom. The van der Waals surface area contributed by atoms with Gasteiger partial charge in [0.05, 0.1) is 35.2 Å². The summed E-state index contributed by atoms with van der Waals surface area (Å²) in [4.78, 5) is 48.4. The number of rotatable bonds is 4. The van der Waals surface area contributed by atoms with Gasteiger partial charge in [-0.05, 0) is 42.8 Å². The van der Waals surface area contributed by atoms with Crippen molar-refractivity contribution in [1.29, 1.82) is 0 Å². The zero-order valence-corrected chi connectivity index (χ0v) is 24.8. The van der Waals surface area contributed by atoms with Gasteiger partial charge in [0.15, 0.2) is 16.3 Å². The number of ether oxygens (including phenoxy) is 3. The van der Waals surface area contributed by atoms with Crippen molar-refractivity contribution in [2.45, 2.75) is 13.0 Å². The number of hydrogen-bond donors (Lipinski definition) is 0. The Balaban J connectivity index is 1.58. The van der Waals surface area contributed by atoms with Gasteiger partial charge in [0.2, 0.25) is 6.79 Å². The molecule has 4 heterocycles. The van der Waals surface area contributed by atoms with E-state index in [0.29, 0.717) is 49.9 Å². The molecule has 0 fully saturated rings. The highest BCUT2D eigenvalue weighted by Crippen LogP contribution is 2.40. The molecule has 1 atom stereocenters. The Hall–Kier alpha value is -4.48. The normalized spacial score (nSPS) is 18.1. The molecule has 0 unspecified atom stereocenters. The molecule has 9 nitrogen and oxygen atoms in total. The van der Waals surface area contributed by atoms with Gasteiger partial charge in [-0.1, -0.05) is 63.7 Å². The number of amides is 1. The lowest BCUT2D eigenvalue weighted by atomic mass is 9.93. The molecule has 1 amide bonds. The van der Waals surface area contributed by atoms with E-state index in [-0.39, 0.29) is 29.4 Å². The number of likely N-dealkylation sites (N-methyl/N-ethyl adjacent to an activating group) is 1. The Bertz CT molecular complexity index is 2030. The van der Waals surface area contributed by atoms with Crippen molar-refractivity contribution in [2.24, 2.45) is 4.99 Å². The van der Waals surface area contributed by atoms with Gasteiger partial charge < -0.3 is 19.1 Å². The number of thiazole rings is 1. The number of halogens is 1. The first-order chi connectivity index (χ1) is 20.4. The molecule has 0 spiro atoms. The van der Waals surface area contributed by atoms with Gasteiger partial charge in [-0.15, -0.1) is 0 Å². The van der Waals surface area contributed by atoms with Crippen molar-refractivity contribution in [3.8, 4) is 11.5 Å². The smallest absolute Gasteiger partial charge is 0.338 e. The van der Waals surface area contributed by atoms with Crippen LogP contribution in [0.1, 0.15) is 29.7 Å². The summed E-state index contributed by atoms with van der Waals surface area (Å²) in [5.74, 6) is 0.193. The second kappa shape index (κ2) is 10.1. The molecule has 0 radical (unpaired) electrons. The van der Waals surface area contributed by atoms with Crippen molar-refractivity contribution in [3.63, 3.8) is 0 Å². The van der Waals surface area contributed by atoms with Gasteiger partial charge in [0.1, 0.15) is 4.53 Å². The van der Waals surface area contributed by atoms with E-state index in [1.165, 1.54) is 9.47 Å². The summed E-state index contributed by atoms with van der Waals surface area (Å²) < 4.78 is 19.2. The van der Waals surface area contributed by atoms with Crippen molar-refractivity contribution >= 4 is 56.1 Å². The van der Waals surface area contributed by atoms with Crippen LogP contribution >= 0.6 is 27.3 Å². The molecule has 1 aromatic heterocycles. The minimum absolute atomic E-state index is 0.0747. The number of nitrogens with zero attached hydrogens (tertiary/aromatic N) is 3. The fourth-order valence-corrected chi connectivity index (χ4v) is 6.95. The monoisotopic (exact) mass is 643 g/mol. The van der Waals surface area contributed by atoms with Crippen molar-refractivity contribution in [3.05, 3.63) is 113 Å². The number of esters is 1. The molecule has 0 saturated carbocycles. The Kier molecular flexibility index (Phi) is 6.36. The lowest BCUT2D eigenvalue weighted by Gasteiger charge is -2.26. The molecule has 0 bridgehead atoms. The maximum Gasteiger partial charge on any atom is 0.338 e. The molecule has 3 aliphatic heterocycles. The number of aromatic nitrogens is 1. The number of benzene rings is 3. The summed E-state index contributed by atoms with van der Waals surface area (Å²) in [5.41, 5.74) is 3.13. The predicted octanol–water partition coefficient (Wildman–Crippen LogP) is 3.77. The maximum absolute atomic E-state index is 14.4. The third kappa shape index (κ3) is 4.03. The SMILES string of the molecule is CCOC(=O)C1=C(c2ccccc2)N=c2s/c(=C3\C(=O)N(C)c4ccc(Br)cc43)c(=O)n2[C@@H]1c1ccc2c(c1)OCO2. The first kappa shape index (κ1) is 26.4. The zero-order valence-electron chi connectivity index (χ0n) is 22.4. The van der Waals surface area contributed by atoms with E-state index in [1.807, 2.05) is 48.5 Å². The molecule has 4 aromatic rings. The molecule has 0 aliphatic carbocycles. The highest BCUT2D eigenvalue weighted by Gasteiger charge is 2.38. The van der Waals surface area contributed by atoms with Crippen LogP contribution in [0.4, 0.5) is 5.69 Å². The van der Waals surface area contributed by atoms with Crippen LogP contribution in [0.2, 0.25) is 0 Å². The van der Waals surface area contributed by atoms with E-state index in [9.17, 15) is 14.4 Å². The molecule has 3 aliphatic rings. The highest BCUT2D eigenvalue weighted by molar-refractivity contribution is 9.10. The van der Waals surface area contributed by atoms with Crippen LogP contribution in [0, 0.1) is 0 Å². The molecule has 7 rings (SSSR count). The fraction of sp³-hybridized carbons (Fsp3) is 0.161. The average molecular weight is 645 g/mol. The van der Waals surface area contributed by atoms with Crippen molar-refractivity contribution < 1.29 is 23.8 Å². The first-order valence-electron chi connectivity index (χ1n) is 13.2. The van der Waals surface area contributed by atoms with Crippen LogP contribution in [0.3, 0.4) is 0 Å². The number of anilines is 1. The van der Waals surface area contributed by atoms with E-state index in [2.05, 4.69) is 15.9 Å². The number of carbonyl (C=O) groups excluding carboxylic acids is 2. The number of fused-ring (bicyclic) bond motifs is 3. The quantitative estimate of drug-likeness (QED) is 0.314. The van der Waals surface area contributed by atoms with Gasteiger partial charge in [-0.3, -0.25) is 14.2 Å². The lowest BCUT2D eigenvalue weighted by molar-refractivity contribution is -0.138. The standard InChI is InChI=1S/C31H22BrN3O6S/c1-3-39-30(38)24-25(16-7-5-4-6-8-16)33-31-35(26(24)17-9-12-21-22(13-17)41-15-40-21)29(37)27(42-31)23-19-14-18(32)10-11-20(19)34(2)28(23)36/h4-14,26H,3,15H2,1-2H3/b27-23-/t26-/m1/s1. The van der Waals surface area contributed by atoms with Crippen molar-refractivity contribution in [1.82, 2.24) is 4.57 Å². The third-order valence-corrected chi connectivity index (χ3v) is 8.94. The predicted molar refractivity (Wildman–Crippen MR) is 160 cm³/mol. The van der Waals surface area contributed by atoms with E-state index in [1.54, 1.807) is 32.2 Å². The van der Waals surface area contributed by atoms with Crippen LogP contribution < -0.4 is 29.3 Å².